The molecule has 6 heteroatoms. The van der Waals surface area contributed by atoms with Gasteiger partial charge in [0.15, 0.2) is 0 Å². The number of imidazole rings is 1. The first-order valence-electron chi connectivity index (χ1n) is 13.4. The number of anilines is 1. The molecule has 6 rings (SSSR count). The van der Waals surface area contributed by atoms with Gasteiger partial charge in [-0.25, -0.2) is 4.98 Å². The Morgan fingerprint density at radius 2 is 1.37 bits per heavy atom. The van der Waals surface area contributed by atoms with Crippen molar-refractivity contribution in [3.05, 3.63) is 161 Å². The molecule has 1 amide bonds. The number of nitrogens with one attached hydrogen (secondary N) is 1. The zero-order valence-electron chi connectivity index (χ0n) is 22.6. The number of methoxy groups -OCH3 is 1. The van der Waals surface area contributed by atoms with E-state index in [1.807, 2.05) is 60.2 Å². The van der Waals surface area contributed by atoms with Crippen molar-refractivity contribution in [1.29, 1.82) is 0 Å². The monoisotopic (exact) mass is 555 g/mol. The summed E-state index contributed by atoms with van der Waals surface area (Å²) in [6.07, 6.45) is 4.25. The number of ether oxygens (including phenoxy) is 1. The van der Waals surface area contributed by atoms with Gasteiger partial charge in [-0.3, -0.25) is 4.79 Å². The summed E-state index contributed by atoms with van der Waals surface area (Å²) in [7, 11) is 1.63. The molecule has 0 atom stereocenters. The van der Waals surface area contributed by atoms with Gasteiger partial charge >= 0.3 is 0 Å². The Bertz CT molecular complexity index is 1630. The number of hydrogen-bond acceptors (Lipinski definition) is 4. The van der Waals surface area contributed by atoms with E-state index in [-0.39, 0.29) is 12.3 Å². The van der Waals surface area contributed by atoms with Crippen LogP contribution in [0.4, 0.5) is 5.69 Å². The van der Waals surface area contributed by atoms with Gasteiger partial charge in [-0.2, -0.15) is 0 Å². The highest BCUT2D eigenvalue weighted by molar-refractivity contribution is 7.14. The Morgan fingerprint density at radius 1 is 0.805 bits per heavy atom. The van der Waals surface area contributed by atoms with Crippen LogP contribution in [-0.4, -0.2) is 22.6 Å². The summed E-state index contributed by atoms with van der Waals surface area (Å²) >= 11 is 1.56. The third kappa shape index (κ3) is 5.17. The highest BCUT2D eigenvalue weighted by atomic mass is 32.1. The molecule has 41 heavy (non-hydrogen) atoms. The van der Waals surface area contributed by atoms with Crippen molar-refractivity contribution in [3.63, 3.8) is 0 Å². The maximum absolute atomic E-state index is 13.0. The molecule has 0 fully saturated rings. The van der Waals surface area contributed by atoms with Crippen LogP contribution in [0.15, 0.2) is 139 Å². The van der Waals surface area contributed by atoms with Gasteiger partial charge in [0, 0.05) is 6.20 Å². The Kier molecular flexibility index (Phi) is 7.48. The van der Waals surface area contributed by atoms with Gasteiger partial charge < -0.3 is 14.6 Å². The fourth-order valence-corrected chi connectivity index (χ4v) is 6.15. The molecule has 0 unspecified atom stereocenters. The van der Waals surface area contributed by atoms with Crippen molar-refractivity contribution in [3.8, 4) is 16.3 Å². The van der Waals surface area contributed by atoms with Gasteiger partial charge in [-0.15, -0.1) is 11.3 Å². The Morgan fingerprint density at radius 3 is 1.90 bits per heavy atom. The number of carbonyl (C=O) groups is 1. The average Bonchev–Trinajstić information content (AvgIpc) is 3.70. The van der Waals surface area contributed by atoms with E-state index >= 15 is 0 Å². The molecular weight excluding hydrogens is 526 g/mol. The molecule has 2 heterocycles. The lowest BCUT2D eigenvalue weighted by Crippen LogP contribution is -2.36. The van der Waals surface area contributed by atoms with Crippen LogP contribution in [-0.2, 0) is 16.8 Å². The Hall–Kier alpha value is -4.94. The second kappa shape index (κ2) is 11.7. The fourth-order valence-electron chi connectivity index (χ4n) is 5.34. The van der Waals surface area contributed by atoms with Gasteiger partial charge in [-0.1, -0.05) is 103 Å². The van der Waals surface area contributed by atoms with E-state index in [0.29, 0.717) is 0 Å². The predicted octanol–water partition coefficient (Wildman–Crippen LogP) is 7.64. The predicted molar refractivity (Wildman–Crippen MR) is 165 cm³/mol. The fraction of sp³-hybridized carbons (Fsp3) is 0.0857. The number of hydrogen-bond donors (Lipinski definition) is 1. The van der Waals surface area contributed by atoms with Gasteiger partial charge in [0.1, 0.15) is 17.0 Å². The highest BCUT2D eigenvalue weighted by Crippen LogP contribution is 2.42. The summed E-state index contributed by atoms with van der Waals surface area (Å²) in [5, 5.41) is 5.08. The zero-order chi connectivity index (χ0) is 28.1. The Labute approximate surface area is 243 Å². The van der Waals surface area contributed by atoms with Gasteiger partial charge in [0.2, 0.25) is 5.91 Å². The normalized spacial score (nSPS) is 11.2. The van der Waals surface area contributed by atoms with Crippen molar-refractivity contribution in [2.24, 2.45) is 0 Å². The summed E-state index contributed by atoms with van der Waals surface area (Å²) in [5.41, 5.74) is 5.20. The molecule has 6 aromatic rings. The van der Waals surface area contributed by atoms with E-state index in [0.717, 1.165) is 44.3 Å². The van der Waals surface area contributed by atoms with Crippen LogP contribution in [0, 0.1) is 0 Å². The molecule has 0 aliphatic carbocycles. The second-order valence-corrected chi connectivity index (χ2v) is 10.6. The average molecular weight is 556 g/mol. The van der Waals surface area contributed by atoms with Crippen LogP contribution in [0.25, 0.3) is 10.6 Å². The number of rotatable bonds is 9. The summed E-state index contributed by atoms with van der Waals surface area (Å²) in [5.74, 6) is 0.684. The smallest absolute Gasteiger partial charge is 0.228 e. The van der Waals surface area contributed by atoms with Crippen LogP contribution in [0.3, 0.4) is 0 Å². The first-order valence-corrected chi connectivity index (χ1v) is 14.3. The maximum Gasteiger partial charge on any atom is 0.228 e. The third-order valence-electron chi connectivity index (χ3n) is 7.24. The number of amides is 1. The van der Waals surface area contributed by atoms with Crippen molar-refractivity contribution in [1.82, 2.24) is 9.55 Å². The molecule has 0 aliphatic rings. The van der Waals surface area contributed by atoms with E-state index in [2.05, 4.69) is 88.9 Å². The lowest BCUT2D eigenvalue weighted by molar-refractivity contribution is -0.115. The van der Waals surface area contributed by atoms with E-state index in [4.69, 9.17) is 9.72 Å². The van der Waals surface area contributed by atoms with Crippen LogP contribution in [0.2, 0.25) is 0 Å². The van der Waals surface area contributed by atoms with Crippen molar-refractivity contribution >= 4 is 22.9 Å². The number of thiophene rings is 1. The largest absolute Gasteiger partial charge is 0.497 e. The Balaban J connectivity index is 1.38. The minimum atomic E-state index is -0.649. The van der Waals surface area contributed by atoms with E-state index < -0.39 is 5.54 Å². The summed E-state index contributed by atoms with van der Waals surface area (Å²) in [6, 6.07) is 41.0. The molecule has 5 nitrogen and oxygen atoms in total. The van der Waals surface area contributed by atoms with Crippen LogP contribution < -0.4 is 10.1 Å². The van der Waals surface area contributed by atoms with Crippen LogP contribution in [0.5, 0.6) is 5.75 Å². The molecule has 0 bridgehead atoms. The molecular formula is C35H29N3O2S. The molecule has 0 aliphatic heterocycles. The summed E-state index contributed by atoms with van der Waals surface area (Å²) in [6.45, 7) is 0. The van der Waals surface area contributed by atoms with Crippen molar-refractivity contribution in [2.45, 2.75) is 12.0 Å². The van der Waals surface area contributed by atoms with E-state index in [9.17, 15) is 4.79 Å². The molecule has 0 radical (unpaired) electrons. The van der Waals surface area contributed by atoms with Crippen molar-refractivity contribution < 1.29 is 9.53 Å². The van der Waals surface area contributed by atoms with Gasteiger partial charge in [0.25, 0.3) is 0 Å². The van der Waals surface area contributed by atoms with Crippen LogP contribution >= 0.6 is 11.3 Å². The van der Waals surface area contributed by atoms with Gasteiger partial charge in [0.05, 0.1) is 30.4 Å². The zero-order valence-corrected chi connectivity index (χ0v) is 23.4. The summed E-state index contributed by atoms with van der Waals surface area (Å²) in [4.78, 5) is 18.8. The van der Waals surface area contributed by atoms with E-state index in [1.165, 1.54) is 0 Å². The number of aromatic nitrogens is 2. The number of benzene rings is 4. The molecule has 1 N–H and O–H groups in total. The molecule has 0 saturated heterocycles. The van der Waals surface area contributed by atoms with Crippen LogP contribution in [0.1, 0.15) is 22.3 Å². The lowest BCUT2D eigenvalue weighted by atomic mass is 9.77. The SMILES string of the molecule is COc1ccc(CC(=O)Nc2ccsc2-c2cn(C(c3ccccc3)(c3ccccc3)c3ccccc3)cn2)cc1. The van der Waals surface area contributed by atoms with Gasteiger partial charge in [-0.05, 0) is 45.8 Å². The number of nitrogens with zero attached hydrogens (tertiary/aromatic N) is 2. The van der Waals surface area contributed by atoms with E-state index in [1.54, 1.807) is 18.4 Å². The standard InChI is InChI=1S/C35H29N3O2S/c1-40-30-19-17-26(18-20-30)23-33(39)37-31-21-22-41-34(31)32-24-38(25-36-32)35(27-11-5-2-6-12-27,28-13-7-3-8-14-28)29-15-9-4-10-16-29/h2-22,24-25H,23H2,1H3,(H,37,39). The summed E-state index contributed by atoms with van der Waals surface area (Å²) < 4.78 is 7.41. The lowest BCUT2D eigenvalue weighted by Gasteiger charge is -2.37. The molecule has 202 valence electrons. The minimum absolute atomic E-state index is 0.0820. The third-order valence-corrected chi connectivity index (χ3v) is 8.18. The number of carbonyl (C=O) groups excluding carboxylic acids is 1. The van der Waals surface area contributed by atoms with Crippen molar-refractivity contribution in [2.75, 3.05) is 12.4 Å². The topological polar surface area (TPSA) is 56.1 Å². The quantitative estimate of drug-likeness (QED) is 0.187. The highest BCUT2D eigenvalue weighted by Gasteiger charge is 2.38. The first-order chi connectivity index (χ1) is 20.2. The maximum atomic E-state index is 13.0. The first kappa shape index (κ1) is 26.3. The minimum Gasteiger partial charge on any atom is -0.497 e. The molecule has 2 aromatic heterocycles. The molecule has 0 saturated carbocycles. The molecule has 4 aromatic carbocycles. The second-order valence-electron chi connectivity index (χ2n) is 9.71. The molecule has 0 spiro atoms.